The van der Waals surface area contributed by atoms with Crippen LogP contribution in [0, 0.1) is 6.92 Å². The van der Waals surface area contributed by atoms with E-state index in [1.165, 1.54) is 5.56 Å². The van der Waals surface area contributed by atoms with Crippen LogP contribution in [0.1, 0.15) is 34.1 Å². The third kappa shape index (κ3) is 4.25. The van der Waals surface area contributed by atoms with E-state index in [4.69, 9.17) is 0 Å². The minimum Gasteiger partial charge on any atom is -0.354 e. The molecule has 0 saturated carbocycles. The number of hydrogen-bond acceptors (Lipinski definition) is 4. The largest absolute Gasteiger partial charge is 0.354 e. The van der Waals surface area contributed by atoms with Crippen LogP contribution < -0.4 is 10.6 Å². The highest BCUT2D eigenvalue weighted by atomic mass is 16.1. The molecule has 5 heteroatoms. The number of carbonyl (C=O) groups is 1. The molecule has 1 aromatic carbocycles. The molecular weight excluding hydrogens is 324 g/mol. The van der Waals surface area contributed by atoms with Crippen LogP contribution in [0.15, 0.2) is 61.1 Å². The number of amides is 1. The summed E-state index contributed by atoms with van der Waals surface area (Å²) in [4.78, 5) is 20.8. The number of rotatable bonds is 6. The Morgan fingerprint density at radius 2 is 2.00 bits per heavy atom. The van der Waals surface area contributed by atoms with Crippen molar-refractivity contribution in [2.24, 2.45) is 0 Å². The molecule has 0 unspecified atom stereocenters. The maximum atomic E-state index is 12.4. The molecule has 2 N–H and O–H groups in total. The zero-order chi connectivity index (χ0) is 18.4. The Labute approximate surface area is 153 Å². The molecule has 0 aliphatic rings. The SMILES string of the molecule is CCc1cccc(C)c1Nc1cncc(C(=O)NCc2ccccn2)c1. The maximum absolute atomic E-state index is 12.4. The first kappa shape index (κ1) is 17.6. The summed E-state index contributed by atoms with van der Waals surface area (Å²) in [6.45, 7) is 4.58. The quantitative estimate of drug-likeness (QED) is 0.707. The van der Waals surface area contributed by atoms with Gasteiger partial charge in [0.25, 0.3) is 5.91 Å². The molecule has 2 aromatic heterocycles. The van der Waals surface area contributed by atoms with E-state index in [1.54, 1.807) is 18.6 Å². The van der Waals surface area contributed by atoms with Gasteiger partial charge < -0.3 is 10.6 Å². The van der Waals surface area contributed by atoms with Crippen molar-refractivity contribution < 1.29 is 4.79 Å². The Bertz CT molecular complexity index is 894. The van der Waals surface area contributed by atoms with Gasteiger partial charge in [-0.2, -0.15) is 0 Å². The average molecular weight is 346 g/mol. The third-order valence-corrected chi connectivity index (χ3v) is 4.17. The molecule has 0 fully saturated rings. The number of carbonyl (C=O) groups excluding carboxylic acids is 1. The van der Waals surface area contributed by atoms with Crippen LogP contribution in [-0.4, -0.2) is 15.9 Å². The van der Waals surface area contributed by atoms with Crippen molar-refractivity contribution in [3.63, 3.8) is 0 Å². The lowest BCUT2D eigenvalue weighted by atomic mass is 10.1. The molecular formula is C21H22N4O. The van der Waals surface area contributed by atoms with E-state index in [2.05, 4.69) is 52.6 Å². The van der Waals surface area contributed by atoms with E-state index in [-0.39, 0.29) is 5.91 Å². The molecule has 2 heterocycles. The summed E-state index contributed by atoms with van der Waals surface area (Å²) in [5.41, 5.74) is 5.58. The Hall–Kier alpha value is -3.21. The topological polar surface area (TPSA) is 66.9 Å². The minimum atomic E-state index is -0.174. The number of benzene rings is 1. The van der Waals surface area contributed by atoms with E-state index < -0.39 is 0 Å². The second-order valence-corrected chi connectivity index (χ2v) is 6.05. The fraction of sp³-hybridized carbons (Fsp3) is 0.190. The Morgan fingerprint density at radius 3 is 2.77 bits per heavy atom. The van der Waals surface area contributed by atoms with Crippen LogP contribution in [0.2, 0.25) is 0 Å². The zero-order valence-electron chi connectivity index (χ0n) is 15.0. The van der Waals surface area contributed by atoms with E-state index in [9.17, 15) is 4.79 Å². The van der Waals surface area contributed by atoms with Gasteiger partial charge in [0.05, 0.1) is 29.7 Å². The van der Waals surface area contributed by atoms with Crippen LogP contribution in [0.3, 0.4) is 0 Å². The van der Waals surface area contributed by atoms with Gasteiger partial charge in [-0.15, -0.1) is 0 Å². The van der Waals surface area contributed by atoms with Crippen molar-refractivity contribution in [2.75, 3.05) is 5.32 Å². The van der Waals surface area contributed by atoms with Crippen LogP contribution >= 0.6 is 0 Å². The van der Waals surface area contributed by atoms with Crippen molar-refractivity contribution in [1.29, 1.82) is 0 Å². The summed E-state index contributed by atoms with van der Waals surface area (Å²) in [6, 6.07) is 13.7. The molecule has 0 aliphatic heterocycles. The summed E-state index contributed by atoms with van der Waals surface area (Å²) in [5.74, 6) is -0.174. The number of hydrogen-bond donors (Lipinski definition) is 2. The smallest absolute Gasteiger partial charge is 0.253 e. The standard InChI is InChI=1S/C21H22N4O/c1-3-16-8-6-7-15(2)20(16)25-19-11-17(12-22-13-19)21(26)24-14-18-9-4-5-10-23-18/h4-13,25H,3,14H2,1-2H3,(H,24,26). The van der Waals surface area contributed by atoms with E-state index in [0.717, 1.165) is 29.1 Å². The highest BCUT2D eigenvalue weighted by molar-refractivity contribution is 5.94. The van der Waals surface area contributed by atoms with Gasteiger partial charge in [-0.25, -0.2) is 0 Å². The van der Waals surface area contributed by atoms with Crippen LogP contribution in [0.25, 0.3) is 0 Å². The predicted molar refractivity (Wildman–Crippen MR) is 103 cm³/mol. The van der Waals surface area contributed by atoms with Crippen molar-refractivity contribution in [3.05, 3.63) is 83.4 Å². The maximum Gasteiger partial charge on any atom is 0.253 e. The Kier molecular flexibility index (Phi) is 5.59. The highest BCUT2D eigenvalue weighted by Gasteiger charge is 2.09. The molecule has 3 aromatic rings. The molecule has 5 nitrogen and oxygen atoms in total. The number of anilines is 2. The number of pyridine rings is 2. The molecule has 132 valence electrons. The van der Waals surface area contributed by atoms with Crippen molar-refractivity contribution >= 4 is 17.3 Å². The van der Waals surface area contributed by atoms with Gasteiger partial charge >= 0.3 is 0 Å². The summed E-state index contributed by atoms with van der Waals surface area (Å²) >= 11 is 0. The fourth-order valence-electron chi connectivity index (χ4n) is 2.75. The van der Waals surface area contributed by atoms with Gasteiger partial charge in [0.2, 0.25) is 0 Å². The van der Waals surface area contributed by atoms with E-state index >= 15 is 0 Å². The molecule has 0 bridgehead atoms. The monoisotopic (exact) mass is 346 g/mol. The third-order valence-electron chi connectivity index (χ3n) is 4.17. The van der Waals surface area contributed by atoms with Crippen molar-refractivity contribution in [2.45, 2.75) is 26.8 Å². The zero-order valence-corrected chi connectivity index (χ0v) is 15.0. The van der Waals surface area contributed by atoms with Crippen molar-refractivity contribution in [1.82, 2.24) is 15.3 Å². The van der Waals surface area contributed by atoms with E-state index in [0.29, 0.717) is 12.1 Å². The lowest BCUT2D eigenvalue weighted by molar-refractivity contribution is 0.0950. The first-order chi connectivity index (χ1) is 12.7. The molecule has 26 heavy (non-hydrogen) atoms. The summed E-state index contributed by atoms with van der Waals surface area (Å²) in [5, 5.41) is 6.28. The second-order valence-electron chi connectivity index (χ2n) is 6.05. The lowest BCUT2D eigenvalue weighted by Gasteiger charge is -2.14. The van der Waals surface area contributed by atoms with Gasteiger partial charge in [-0.1, -0.05) is 31.2 Å². The molecule has 0 atom stereocenters. The van der Waals surface area contributed by atoms with Gasteiger partial charge in [0.1, 0.15) is 0 Å². The number of para-hydroxylation sites is 1. The second kappa shape index (κ2) is 8.25. The first-order valence-corrected chi connectivity index (χ1v) is 8.66. The minimum absolute atomic E-state index is 0.174. The number of aromatic nitrogens is 2. The lowest BCUT2D eigenvalue weighted by Crippen LogP contribution is -2.23. The Balaban J connectivity index is 1.73. The highest BCUT2D eigenvalue weighted by Crippen LogP contribution is 2.25. The average Bonchev–Trinajstić information content (AvgIpc) is 2.68. The molecule has 0 radical (unpaired) electrons. The predicted octanol–water partition coefficient (Wildman–Crippen LogP) is 4.02. The Morgan fingerprint density at radius 1 is 1.12 bits per heavy atom. The summed E-state index contributed by atoms with van der Waals surface area (Å²) in [7, 11) is 0. The molecule has 0 saturated heterocycles. The number of aryl methyl sites for hydroxylation is 2. The normalized spacial score (nSPS) is 10.4. The van der Waals surface area contributed by atoms with E-state index in [1.807, 2.05) is 24.3 Å². The van der Waals surface area contributed by atoms with Crippen LogP contribution in [0.4, 0.5) is 11.4 Å². The van der Waals surface area contributed by atoms with Gasteiger partial charge in [-0.05, 0) is 42.7 Å². The van der Waals surface area contributed by atoms with Crippen molar-refractivity contribution in [3.8, 4) is 0 Å². The fourth-order valence-corrected chi connectivity index (χ4v) is 2.75. The molecule has 1 amide bonds. The van der Waals surface area contributed by atoms with Gasteiger partial charge in [-0.3, -0.25) is 14.8 Å². The van der Waals surface area contributed by atoms with Crippen LogP contribution in [-0.2, 0) is 13.0 Å². The van der Waals surface area contributed by atoms with Gasteiger partial charge in [0.15, 0.2) is 0 Å². The number of nitrogens with zero attached hydrogens (tertiary/aromatic N) is 2. The molecule has 0 aliphatic carbocycles. The molecule has 0 spiro atoms. The van der Waals surface area contributed by atoms with Gasteiger partial charge in [0, 0.05) is 18.1 Å². The number of nitrogens with one attached hydrogen (secondary N) is 2. The first-order valence-electron chi connectivity index (χ1n) is 8.66. The summed E-state index contributed by atoms with van der Waals surface area (Å²) in [6.07, 6.45) is 5.93. The van der Waals surface area contributed by atoms with Crippen LogP contribution in [0.5, 0.6) is 0 Å². The summed E-state index contributed by atoms with van der Waals surface area (Å²) < 4.78 is 0. The molecule has 3 rings (SSSR count).